The number of nitrogens with two attached hydrogens (primary N) is 1. The van der Waals surface area contributed by atoms with Gasteiger partial charge in [-0.05, 0) is 48.9 Å². The molecule has 0 aliphatic carbocycles. The summed E-state index contributed by atoms with van der Waals surface area (Å²) in [5.41, 5.74) is 11.9. The summed E-state index contributed by atoms with van der Waals surface area (Å²) >= 11 is 0. The number of benzene rings is 3. The lowest BCUT2D eigenvalue weighted by Crippen LogP contribution is -2.15. The van der Waals surface area contributed by atoms with Crippen molar-refractivity contribution >= 4 is 32.6 Å². The van der Waals surface area contributed by atoms with Crippen molar-refractivity contribution in [1.29, 1.82) is 0 Å². The highest BCUT2D eigenvalue weighted by atomic mass is 32.2. The number of nitrogens with one attached hydrogen (secondary N) is 1. The second kappa shape index (κ2) is 9.47. The van der Waals surface area contributed by atoms with Crippen LogP contribution < -0.4 is 15.2 Å². The van der Waals surface area contributed by atoms with Crippen LogP contribution >= 0.6 is 0 Å². The number of ether oxygens (including phenoxy) is 2. The Hall–Kier alpha value is -4.41. The van der Waals surface area contributed by atoms with Crippen molar-refractivity contribution in [3.8, 4) is 17.2 Å². The van der Waals surface area contributed by atoms with Gasteiger partial charge in [0.05, 0.1) is 29.8 Å². The molecule has 3 N–H and O–H groups in total. The minimum Gasteiger partial charge on any atom is -0.457 e. The van der Waals surface area contributed by atoms with E-state index in [1.807, 2.05) is 54.0 Å². The van der Waals surface area contributed by atoms with Gasteiger partial charge >= 0.3 is 0 Å². The van der Waals surface area contributed by atoms with Gasteiger partial charge in [0.15, 0.2) is 5.82 Å². The minimum absolute atomic E-state index is 0.0805. The number of sulfonamides is 1. The lowest BCUT2D eigenvalue weighted by atomic mass is 10.1. The number of anilines is 2. The van der Waals surface area contributed by atoms with Crippen LogP contribution in [0.25, 0.3) is 16.7 Å². The summed E-state index contributed by atoms with van der Waals surface area (Å²) in [7, 11) is -3.58. The molecule has 6 rings (SSSR count). The normalized spacial score (nSPS) is 14.9. The average Bonchev–Trinajstić information content (AvgIpc) is 3.43. The molecule has 3 heterocycles. The molecule has 3 aromatic carbocycles. The first kappa shape index (κ1) is 24.0. The molecule has 10 heteroatoms. The van der Waals surface area contributed by atoms with E-state index in [0.29, 0.717) is 35.2 Å². The molecule has 38 heavy (non-hydrogen) atoms. The van der Waals surface area contributed by atoms with Crippen molar-refractivity contribution in [2.75, 3.05) is 10.5 Å². The van der Waals surface area contributed by atoms with Crippen molar-refractivity contribution < 1.29 is 17.9 Å². The first-order chi connectivity index (χ1) is 18.4. The van der Waals surface area contributed by atoms with Gasteiger partial charge in [-0.3, -0.25) is 4.72 Å². The molecule has 1 unspecified atom stereocenters. The van der Waals surface area contributed by atoms with E-state index in [1.165, 1.54) is 6.33 Å². The quantitative estimate of drug-likeness (QED) is 0.293. The van der Waals surface area contributed by atoms with Crippen molar-refractivity contribution in [2.24, 2.45) is 0 Å². The van der Waals surface area contributed by atoms with Gasteiger partial charge in [0.2, 0.25) is 10.0 Å². The standard InChI is InChI=1S/C28H25N5O4S/c1-18-25-24(15-36-18)33(27-26(25)30-17-31-28(27)29)21-10-12-22(13-11-21)37-23-9-5-8-20(14-23)32-38(34,35)16-19-6-3-2-4-7-19/h2-14,17-18,32H,15-16H2,1H3,(H2,29,30,31). The minimum atomic E-state index is -3.58. The van der Waals surface area contributed by atoms with Gasteiger partial charge in [-0.25, -0.2) is 18.4 Å². The number of nitrogen functional groups attached to an aromatic ring is 1. The van der Waals surface area contributed by atoms with Crippen LogP contribution in [-0.2, 0) is 27.1 Å². The van der Waals surface area contributed by atoms with Crippen LogP contribution in [0.1, 0.15) is 29.8 Å². The van der Waals surface area contributed by atoms with Gasteiger partial charge < -0.3 is 19.8 Å². The van der Waals surface area contributed by atoms with Gasteiger partial charge in [0.25, 0.3) is 0 Å². The molecule has 5 aromatic rings. The Morgan fingerprint density at radius 2 is 1.82 bits per heavy atom. The summed E-state index contributed by atoms with van der Waals surface area (Å²) in [6.07, 6.45) is 1.39. The average molecular weight is 528 g/mol. The third kappa shape index (κ3) is 4.55. The van der Waals surface area contributed by atoms with Crippen molar-refractivity contribution in [3.63, 3.8) is 0 Å². The van der Waals surface area contributed by atoms with E-state index in [9.17, 15) is 8.42 Å². The van der Waals surface area contributed by atoms with E-state index < -0.39 is 10.0 Å². The van der Waals surface area contributed by atoms with Crippen molar-refractivity contribution in [2.45, 2.75) is 25.4 Å². The predicted octanol–water partition coefficient (Wildman–Crippen LogP) is 5.33. The molecule has 1 atom stereocenters. The fourth-order valence-electron chi connectivity index (χ4n) is 4.78. The Labute approximate surface area is 219 Å². The first-order valence-electron chi connectivity index (χ1n) is 12.1. The number of hydrogen-bond donors (Lipinski definition) is 2. The maximum absolute atomic E-state index is 12.6. The molecule has 1 aliphatic heterocycles. The second-order valence-corrected chi connectivity index (χ2v) is 10.8. The second-order valence-electron chi connectivity index (χ2n) is 9.08. The Morgan fingerprint density at radius 1 is 1.03 bits per heavy atom. The van der Waals surface area contributed by atoms with E-state index in [1.54, 1.807) is 36.4 Å². The predicted molar refractivity (Wildman–Crippen MR) is 146 cm³/mol. The van der Waals surface area contributed by atoms with E-state index in [2.05, 4.69) is 14.7 Å². The van der Waals surface area contributed by atoms with Crippen LogP contribution in [0.5, 0.6) is 11.5 Å². The lowest BCUT2D eigenvalue weighted by molar-refractivity contribution is 0.0783. The van der Waals surface area contributed by atoms with Gasteiger partial charge in [-0.2, -0.15) is 0 Å². The molecule has 9 nitrogen and oxygen atoms in total. The fraction of sp³-hybridized carbons (Fsp3) is 0.143. The molecule has 2 aromatic heterocycles. The molecular weight excluding hydrogens is 502 g/mol. The summed E-state index contributed by atoms with van der Waals surface area (Å²) in [6, 6.07) is 23.4. The maximum atomic E-state index is 12.6. The molecule has 0 fully saturated rings. The van der Waals surface area contributed by atoms with E-state index >= 15 is 0 Å². The lowest BCUT2D eigenvalue weighted by Gasteiger charge is -2.13. The highest BCUT2D eigenvalue weighted by molar-refractivity contribution is 7.91. The summed E-state index contributed by atoms with van der Waals surface area (Å²) in [6.45, 7) is 2.46. The summed E-state index contributed by atoms with van der Waals surface area (Å²) < 4.78 is 41.8. The van der Waals surface area contributed by atoms with Gasteiger partial charge in [-0.1, -0.05) is 36.4 Å². The van der Waals surface area contributed by atoms with Crippen LogP contribution in [0.4, 0.5) is 11.5 Å². The third-order valence-corrected chi connectivity index (χ3v) is 7.68. The number of fused-ring (bicyclic) bond motifs is 3. The highest BCUT2D eigenvalue weighted by Gasteiger charge is 2.30. The molecule has 0 amide bonds. The highest BCUT2D eigenvalue weighted by Crippen LogP contribution is 2.41. The number of nitrogens with zero attached hydrogens (tertiary/aromatic N) is 3. The maximum Gasteiger partial charge on any atom is 0.236 e. The molecule has 192 valence electrons. The van der Waals surface area contributed by atoms with E-state index in [0.717, 1.165) is 28.0 Å². The van der Waals surface area contributed by atoms with Crippen molar-refractivity contribution in [1.82, 2.24) is 14.5 Å². The van der Waals surface area contributed by atoms with E-state index in [4.69, 9.17) is 15.2 Å². The van der Waals surface area contributed by atoms with Crippen LogP contribution in [-0.4, -0.2) is 23.0 Å². The van der Waals surface area contributed by atoms with Crippen molar-refractivity contribution in [3.05, 3.63) is 102 Å². The molecule has 0 saturated heterocycles. The topological polar surface area (TPSA) is 121 Å². The molecule has 1 aliphatic rings. The summed E-state index contributed by atoms with van der Waals surface area (Å²) in [5.74, 6) is 1.39. The number of rotatable bonds is 7. The Kier molecular flexibility index (Phi) is 5.97. The van der Waals surface area contributed by atoms with Gasteiger partial charge in [-0.15, -0.1) is 0 Å². The Bertz CT molecular complexity index is 1740. The van der Waals surface area contributed by atoms with Gasteiger partial charge in [0.1, 0.15) is 28.9 Å². The molecule has 0 saturated carbocycles. The molecule has 0 spiro atoms. The number of aromatic nitrogens is 3. The smallest absolute Gasteiger partial charge is 0.236 e. The molecular formula is C28H25N5O4S. The SMILES string of the molecule is CC1OCc2c1c1ncnc(N)c1n2-c1ccc(Oc2cccc(NS(=O)(=O)Cc3ccccc3)c2)cc1. The summed E-state index contributed by atoms with van der Waals surface area (Å²) in [4.78, 5) is 8.67. The zero-order valence-corrected chi connectivity index (χ0v) is 21.4. The monoisotopic (exact) mass is 527 g/mol. The zero-order valence-electron chi connectivity index (χ0n) is 20.5. The number of hydrogen-bond acceptors (Lipinski definition) is 7. The van der Waals surface area contributed by atoms with E-state index in [-0.39, 0.29) is 11.9 Å². The largest absolute Gasteiger partial charge is 0.457 e. The fourth-order valence-corrected chi connectivity index (χ4v) is 5.96. The Balaban J connectivity index is 1.23. The summed E-state index contributed by atoms with van der Waals surface area (Å²) in [5, 5.41) is 0. The zero-order chi connectivity index (χ0) is 26.3. The van der Waals surface area contributed by atoms with Gasteiger partial charge in [0, 0.05) is 17.3 Å². The molecule has 0 bridgehead atoms. The Morgan fingerprint density at radius 3 is 2.61 bits per heavy atom. The van der Waals surface area contributed by atoms with Crippen LogP contribution in [0.2, 0.25) is 0 Å². The third-order valence-electron chi connectivity index (χ3n) is 6.42. The van der Waals surface area contributed by atoms with Crippen LogP contribution in [0.3, 0.4) is 0 Å². The van der Waals surface area contributed by atoms with Crippen LogP contribution in [0.15, 0.2) is 85.2 Å². The first-order valence-corrected chi connectivity index (χ1v) is 13.7. The molecule has 0 radical (unpaired) electrons. The van der Waals surface area contributed by atoms with Crippen LogP contribution in [0, 0.1) is 0 Å².